The Hall–Kier alpha value is -3.92. The molecule has 0 fully saturated rings. The molecule has 2 aromatic carbocycles. The average Bonchev–Trinajstić information content (AvgIpc) is 2.63. The van der Waals surface area contributed by atoms with E-state index in [4.69, 9.17) is 10.4 Å². The van der Waals surface area contributed by atoms with Gasteiger partial charge in [0.15, 0.2) is 5.78 Å². The summed E-state index contributed by atoms with van der Waals surface area (Å²) in [5.41, 5.74) is 1.47. The van der Waals surface area contributed by atoms with Gasteiger partial charge in [0.2, 0.25) is 0 Å². The quantitative estimate of drug-likeness (QED) is 0.419. The van der Waals surface area contributed by atoms with Crippen LogP contribution in [0.4, 0.5) is 11.4 Å². The van der Waals surface area contributed by atoms with Crippen molar-refractivity contribution in [1.29, 1.82) is 5.26 Å². The van der Waals surface area contributed by atoms with E-state index in [2.05, 4.69) is 10.6 Å². The van der Waals surface area contributed by atoms with Gasteiger partial charge in [0.1, 0.15) is 11.6 Å². The van der Waals surface area contributed by atoms with Crippen molar-refractivity contribution in [3.05, 3.63) is 71.4 Å². The Morgan fingerprint density at radius 1 is 0.962 bits per heavy atom. The Labute approximate surface area is 149 Å². The van der Waals surface area contributed by atoms with Crippen molar-refractivity contribution in [3.8, 4) is 6.07 Å². The van der Waals surface area contributed by atoms with Gasteiger partial charge in [-0.2, -0.15) is 5.26 Å². The summed E-state index contributed by atoms with van der Waals surface area (Å²) in [7, 11) is 0. The van der Waals surface area contributed by atoms with Crippen molar-refractivity contribution in [1.82, 2.24) is 0 Å². The summed E-state index contributed by atoms with van der Waals surface area (Å²) in [6.07, 6.45) is 1.25. The molecule has 0 atom stereocenters. The Bertz CT molecular complexity index is 907. The first kappa shape index (κ1) is 18.4. The predicted octanol–water partition coefficient (Wildman–Crippen LogP) is 3.05. The molecule has 0 bridgehead atoms. The minimum atomic E-state index is -1.07. The Kier molecular flexibility index (Phi) is 5.85. The van der Waals surface area contributed by atoms with Crippen molar-refractivity contribution in [2.75, 3.05) is 10.6 Å². The zero-order chi connectivity index (χ0) is 19.1. The van der Waals surface area contributed by atoms with Crippen LogP contribution >= 0.6 is 0 Å². The van der Waals surface area contributed by atoms with Gasteiger partial charge < -0.3 is 15.7 Å². The first-order chi connectivity index (χ1) is 12.4. The molecule has 130 valence electrons. The maximum absolute atomic E-state index is 12.1. The predicted molar refractivity (Wildman–Crippen MR) is 95.8 cm³/mol. The fraction of sp³-hybridized carbons (Fsp3) is 0.0526. The summed E-state index contributed by atoms with van der Waals surface area (Å²) in [6, 6.07) is 13.9. The Morgan fingerprint density at radius 3 is 2.00 bits per heavy atom. The van der Waals surface area contributed by atoms with Crippen LogP contribution in [0.25, 0.3) is 0 Å². The summed E-state index contributed by atoms with van der Waals surface area (Å²) in [5.74, 6) is -1.76. The number of carbonyl (C=O) groups is 3. The highest BCUT2D eigenvalue weighted by atomic mass is 16.4. The second kappa shape index (κ2) is 8.26. The number of amides is 1. The Balaban J connectivity index is 2.05. The molecule has 7 heteroatoms. The van der Waals surface area contributed by atoms with Crippen molar-refractivity contribution in [2.45, 2.75) is 6.92 Å². The van der Waals surface area contributed by atoms with Crippen LogP contribution < -0.4 is 10.6 Å². The van der Waals surface area contributed by atoms with Crippen molar-refractivity contribution < 1.29 is 19.5 Å². The topological polar surface area (TPSA) is 119 Å². The van der Waals surface area contributed by atoms with Crippen LogP contribution in [0.15, 0.2) is 60.3 Å². The van der Waals surface area contributed by atoms with E-state index in [1.165, 1.54) is 37.4 Å². The number of carboxylic acid groups (broad SMARTS) is 1. The molecule has 0 unspecified atom stereocenters. The van der Waals surface area contributed by atoms with Gasteiger partial charge >= 0.3 is 5.97 Å². The molecule has 0 radical (unpaired) electrons. The van der Waals surface area contributed by atoms with Gasteiger partial charge in [0.25, 0.3) is 5.91 Å². The minimum Gasteiger partial charge on any atom is -0.478 e. The number of ketones is 1. The van der Waals surface area contributed by atoms with Crippen molar-refractivity contribution in [3.63, 3.8) is 0 Å². The molecular weight excluding hydrogens is 334 g/mol. The third kappa shape index (κ3) is 4.79. The average molecular weight is 349 g/mol. The van der Waals surface area contributed by atoms with E-state index in [1.807, 2.05) is 0 Å². The number of Topliss-reactive ketones (excluding diaryl/α,β-unsaturated/α-hetero) is 1. The lowest BCUT2D eigenvalue weighted by atomic mass is 10.1. The van der Waals surface area contributed by atoms with Crippen molar-refractivity contribution in [2.24, 2.45) is 0 Å². The number of hydrogen-bond acceptors (Lipinski definition) is 5. The maximum Gasteiger partial charge on any atom is 0.335 e. The molecule has 0 aliphatic rings. The van der Waals surface area contributed by atoms with Gasteiger partial charge in [0, 0.05) is 23.1 Å². The normalized spacial score (nSPS) is 10.5. The van der Waals surface area contributed by atoms with E-state index in [9.17, 15) is 14.4 Å². The molecule has 7 nitrogen and oxygen atoms in total. The van der Waals surface area contributed by atoms with Crippen LogP contribution in [0, 0.1) is 11.3 Å². The lowest BCUT2D eigenvalue weighted by Crippen LogP contribution is -2.14. The summed E-state index contributed by atoms with van der Waals surface area (Å²) in [5, 5.41) is 23.3. The number of nitrogens with zero attached hydrogens (tertiary/aromatic N) is 1. The molecule has 0 saturated heterocycles. The van der Waals surface area contributed by atoms with Crippen LogP contribution in [0.5, 0.6) is 0 Å². The molecule has 2 aromatic rings. The molecule has 0 aliphatic heterocycles. The number of carboxylic acids is 1. The zero-order valence-electron chi connectivity index (χ0n) is 13.8. The molecule has 0 heterocycles. The standard InChI is InChI=1S/C19H15N3O4/c1-12(23)13-2-6-16(7-3-13)21-11-15(10-20)18(24)22-17-8-4-14(5-9-17)19(25)26/h2-9,11,21H,1H3,(H,22,24)(H,25,26)/b15-11-. The van der Waals surface area contributed by atoms with Crippen LogP contribution in [0.3, 0.4) is 0 Å². The number of nitrogens with one attached hydrogen (secondary N) is 2. The molecule has 0 spiro atoms. The number of benzene rings is 2. The number of nitriles is 1. The van der Waals surface area contributed by atoms with Crippen LogP contribution in [0.2, 0.25) is 0 Å². The molecular formula is C19H15N3O4. The third-order valence-corrected chi connectivity index (χ3v) is 3.43. The molecule has 0 aliphatic carbocycles. The van der Waals surface area contributed by atoms with Crippen LogP contribution in [-0.2, 0) is 4.79 Å². The summed E-state index contributed by atoms with van der Waals surface area (Å²) >= 11 is 0. The summed E-state index contributed by atoms with van der Waals surface area (Å²) in [6.45, 7) is 1.46. The largest absolute Gasteiger partial charge is 0.478 e. The fourth-order valence-corrected chi connectivity index (χ4v) is 2.00. The van der Waals surface area contributed by atoms with E-state index in [1.54, 1.807) is 30.3 Å². The van der Waals surface area contributed by atoms with Gasteiger partial charge in [-0.1, -0.05) is 0 Å². The van der Waals surface area contributed by atoms with E-state index < -0.39 is 11.9 Å². The second-order valence-electron chi connectivity index (χ2n) is 5.28. The monoisotopic (exact) mass is 349 g/mol. The first-order valence-corrected chi connectivity index (χ1v) is 7.53. The van der Waals surface area contributed by atoms with Crippen LogP contribution in [0.1, 0.15) is 27.6 Å². The van der Waals surface area contributed by atoms with E-state index in [-0.39, 0.29) is 16.9 Å². The zero-order valence-corrected chi connectivity index (χ0v) is 13.8. The number of carbonyl (C=O) groups excluding carboxylic acids is 2. The maximum atomic E-state index is 12.1. The molecule has 26 heavy (non-hydrogen) atoms. The smallest absolute Gasteiger partial charge is 0.335 e. The third-order valence-electron chi connectivity index (χ3n) is 3.43. The minimum absolute atomic E-state index is 0.0573. The number of aromatic carboxylic acids is 1. The fourth-order valence-electron chi connectivity index (χ4n) is 2.00. The highest BCUT2D eigenvalue weighted by Crippen LogP contribution is 2.13. The van der Waals surface area contributed by atoms with Gasteiger partial charge in [-0.15, -0.1) is 0 Å². The number of rotatable bonds is 6. The van der Waals surface area contributed by atoms with E-state index >= 15 is 0 Å². The molecule has 0 saturated carbocycles. The Morgan fingerprint density at radius 2 is 1.50 bits per heavy atom. The highest BCUT2D eigenvalue weighted by Gasteiger charge is 2.10. The number of anilines is 2. The van der Waals surface area contributed by atoms with Gasteiger partial charge in [-0.25, -0.2) is 4.79 Å². The molecule has 2 rings (SSSR count). The van der Waals surface area contributed by atoms with Gasteiger partial charge in [-0.3, -0.25) is 9.59 Å². The summed E-state index contributed by atoms with van der Waals surface area (Å²) in [4.78, 5) is 34.2. The molecule has 3 N–H and O–H groups in total. The van der Waals surface area contributed by atoms with E-state index in [0.717, 1.165) is 0 Å². The SMILES string of the molecule is CC(=O)c1ccc(N/C=C(/C#N)C(=O)Nc2ccc(C(=O)O)cc2)cc1. The molecule has 0 aromatic heterocycles. The van der Waals surface area contributed by atoms with Gasteiger partial charge in [-0.05, 0) is 55.5 Å². The van der Waals surface area contributed by atoms with Crippen molar-refractivity contribution >= 4 is 29.0 Å². The van der Waals surface area contributed by atoms with Crippen LogP contribution in [-0.4, -0.2) is 22.8 Å². The lowest BCUT2D eigenvalue weighted by Gasteiger charge is -2.06. The lowest BCUT2D eigenvalue weighted by molar-refractivity contribution is -0.112. The molecule has 1 amide bonds. The summed E-state index contributed by atoms with van der Waals surface area (Å²) < 4.78 is 0. The number of hydrogen-bond donors (Lipinski definition) is 3. The van der Waals surface area contributed by atoms with Gasteiger partial charge in [0.05, 0.1) is 5.56 Å². The van der Waals surface area contributed by atoms with E-state index in [0.29, 0.717) is 16.9 Å². The second-order valence-corrected chi connectivity index (χ2v) is 5.28. The first-order valence-electron chi connectivity index (χ1n) is 7.53. The highest BCUT2D eigenvalue weighted by molar-refractivity contribution is 6.06.